The van der Waals surface area contributed by atoms with Crippen molar-refractivity contribution in [1.29, 1.82) is 0 Å². The quantitative estimate of drug-likeness (QED) is 0.743. The van der Waals surface area contributed by atoms with Gasteiger partial charge in [-0.25, -0.2) is 0 Å². The molecule has 1 rings (SSSR count). The number of aliphatic hydroxyl groups is 1. The topological polar surface area (TPSA) is 49.3 Å². The van der Waals surface area contributed by atoms with Gasteiger partial charge in [0.25, 0.3) is 0 Å². The average Bonchev–Trinajstić information content (AvgIpc) is 2.62. The average molecular weight is 217 g/mol. The Morgan fingerprint density at radius 2 is 2.43 bits per heavy atom. The first-order valence-corrected chi connectivity index (χ1v) is 6.16. The van der Waals surface area contributed by atoms with Crippen molar-refractivity contribution in [2.24, 2.45) is 0 Å². The maximum absolute atomic E-state index is 11.9. The molecule has 82 valence electrons. The third-order valence-electron chi connectivity index (χ3n) is 2.75. The summed E-state index contributed by atoms with van der Waals surface area (Å²) in [5.41, 5.74) is 0. The zero-order valence-corrected chi connectivity index (χ0v) is 9.69. The van der Waals surface area contributed by atoms with Gasteiger partial charge < -0.3 is 10.4 Å². The van der Waals surface area contributed by atoms with Crippen molar-refractivity contribution in [2.45, 2.75) is 43.9 Å². The highest BCUT2D eigenvalue weighted by molar-refractivity contribution is 8.01. The highest BCUT2D eigenvalue weighted by atomic mass is 32.2. The lowest BCUT2D eigenvalue weighted by atomic mass is 10.0. The van der Waals surface area contributed by atoms with E-state index >= 15 is 0 Å². The fourth-order valence-corrected chi connectivity index (χ4v) is 2.79. The Bertz CT molecular complexity index is 198. The van der Waals surface area contributed by atoms with Crippen molar-refractivity contribution in [3.05, 3.63) is 0 Å². The molecule has 0 radical (unpaired) electrons. The minimum Gasteiger partial charge on any atom is -0.394 e. The fraction of sp³-hybridized carbons (Fsp3) is 0.900. The molecular formula is C10H19NO2S. The molecule has 1 aliphatic rings. The predicted molar refractivity (Wildman–Crippen MR) is 59.4 cm³/mol. The largest absolute Gasteiger partial charge is 0.394 e. The summed E-state index contributed by atoms with van der Waals surface area (Å²) >= 11 is 1.72. The Balaban J connectivity index is 2.48. The second kappa shape index (κ2) is 5.03. The highest BCUT2D eigenvalue weighted by Gasteiger charge is 2.37. The fourth-order valence-electron chi connectivity index (χ4n) is 1.57. The molecule has 2 unspecified atom stereocenters. The van der Waals surface area contributed by atoms with Crippen LogP contribution >= 0.6 is 11.8 Å². The summed E-state index contributed by atoms with van der Waals surface area (Å²) in [6.07, 6.45) is 2.85. The number of amides is 1. The van der Waals surface area contributed by atoms with Gasteiger partial charge in [-0.05, 0) is 31.9 Å². The molecule has 0 saturated carbocycles. The van der Waals surface area contributed by atoms with Crippen LogP contribution < -0.4 is 5.32 Å². The van der Waals surface area contributed by atoms with Crippen molar-refractivity contribution in [2.75, 3.05) is 12.4 Å². The molecule has 14 heavy (non-hydrogen) atoms. The van der Waals surface area contributed by atoms with E-state index in [0.29, 0.717) is 0 Å². The first-order valence-electron chi connectivity index (χ1n) is 5.18. The molecule has 1 saturated heterocycles. The molecule has 0 spiro atoms. The molecule has 0 aromatic heterocycles. The van der Waals surface area contributed by atoms with Crippen LogP contribution in [-0.2, 0) is 4.79 Å². The zero-order valence-electron chi connectivity index (χ0n) is 8.88. The van der Waals surface area contributed by atoms with Gasteiger partial charge in [-0.3, -0.25) is 4.79 Å². The molecule has 3 nitrogen and oxygen atoms in total. The molecule has 0 bridgehead atoms. The molecule has 1 amide bonds. The third-order valence-corrected chi connectivity index (χ3v) is 4.27. The molecule has 0 aromatic carbocycles. The van der Waals surface area contributed by atoms with Gasteiger partial charge in [0.05, 0.1) is 17.4 Å². The minimum atomic E-state index is -0.261. The smallest absolute Gasteiger partial charge is 0.236 e. The summed E-state index contributed by atoms with van der Waals surface area (Å²) in [4.78, 5) is 11.9. The van der Waals surface area contributed by atoms with Crippen LogP contribution in [-0.4, -0.2) is 34.2 Å². The second-order valence-electron chi connectivity index (χ2n) is 3.94. The van der Waals surface area contributed by atoms with Gasteiger partial charge in [0.15, 0.2) is 0 Å². The molecule has 2 atom stereocenters. The van der Waals surface area contributed by atoms with Gasteiger partial charge in [0.1, 0.15) is 0 Å². The number of thioether (sulfide) groups is 1. The minimum absolute atomic E-state index is 0.0307. The van der Waals surface area contributed by atoms with Gasteiger partial charge in [-0.1, -0.05) is 6.92 Å². The molecular weight excluding hydrogens is 198 g/mol. The van der Waals surface area contributed by atoms with Crippen LogP contribution in [0.5, 0.6) is 0 Å². The van der Waals surface area contributed by atoms with Crippen molar-refractivity contribution in [3.63, 3.8) is 0 Å². The Hall–Kier alpha value is -0.220. The van der Waals surface area contributed by atoms with E-state index in [0.717, 1.165) is 25.0 Å². The normalized spacial score (nSPS) is 28.8. The van der Waals surface area contributed by atoms with Crippen LogP contribution in [0.2, 0.25) is 0 Å². The van der Waals surface area contributed by atoms with Crippen LogP contribution in [0.4, 0.5) is 0 Å². The molecule has 2 N–H and O–H groups in total. The maximum Gasteiger partial charge on any atom is 0.236 e. The SMILES string of the molecule is CCC(CO)NC(=O)C1(C)CCCS1. The lowest BCUT2D eigenvalue weighted by Gasteiger charge is -2.24. The summed E-state index contributed by atoms with van der Waals surface area (Å²) in [5.74, 6) is 1.15. The van der Waals surface area contributed by atoms with Gasteiger partial charge in [-0.15, -0.1) is 11.8 Å². The van der Waals surface area contributed by atoms with Crippen molar-refractivity contribution in [1.82, 2.24) is 5.32 Å². The Labute approximate surface area is 89.6 Å². The van der Waals surface area contributed by atoms with E-state index in [4.69, 9.17) is 5.11 Å². The van der Waals surface area contributed by atoms with Crippen LogP contribution in [0.3, 0.4) is 0 Å². The van der Waals surface area contributed by atoms with Crippen LogP contribution in [0.25, 0.3) is 0 Å². The number of aliphatic hydroxyl groups excluding tert-OH is 1. The van der Waals surface area contributed by atoms with Crippen molar-refractivity contribution < 1.29 is 9.90 Å². The Kier molecular flexibility index (Phi) is 4.26. The van der Waals surface area contributed by atoms with E-state index < -0.39 is 0 Å². The molecule has 4 heteroatoms. The molecule has 0 aromatic rings. The van der Waals surface area contributed by atoms with E-state index in [1.807, 2.05) is 13.8 Å². The predicted octanol–water partition coefficient (Wildman–Crippen LogP) is 1.16. The number of hydrogen-bond acceptors (Lipinski definition) is 3. The first-order chi connectivity index (χ1) is 6.62. The number of hydrogen-bond donors (Lipinski definition) is 2. The zero-order chi connectivity index (χ0) is 10.6. The van der Waals surface area contributed by atoms with Gasteiger partial charge in [0, 0.05) is 0 Å². The van der Waals surface area contributed by atoms with Gasteiger partial charge in [0.2, 0.25) is 5.91 Å². The van der Waals surface area contributed by atoms with E-state index in [1.165, 1.54) is 0 Å². The first kappa shape index (κ1) is 11.9. The van der Waals surface area contributed by atoms with E-state index in [2.05, 4.69) is 5.32 Å². The van der Waals surface area contributed by atoms with Crippen LogP contribution in [0, 0.1) is 0 Å². The molecule has 0 aliphatic carbocycles. The lowest BCUT2D eigenvalue weighted by molar-refractivity contribution is -0.124. The standard InChI is InChI=1S/C10H19NO2S/c1-3-8(7-12)11-9(13)10(2)5-4-6-14-10/h8,12H,3-7H2,1-2H3,(H,11,13). The van der Waals surface area contributed by atoms with Crippen molar-refractivity contribution >= 4 is 17.7 Å². The Morgan fingerprint density at radius 3 is 2.86 bits per heavy atom. The monoisotopic (exact) mass is 217 g/mol. The summed E-state index contributed by atoms with van der Waals surface area (Å²) in [5, 5.41) is 11.9. The van der Waals surface area contributed by atoms with Gasteiger partial charge in [-0.2, -0.15) is 0 Å². The Morgan fingerprint density at radius 1 is 1.71 bits per heavy atom. The number of rotatable bonds is 4. The van der Waals surface area contributed by atoms with Crippen LogP contribution in [0.15, 0.2) is 0 Å². The number of carbonyl (C=O) groups excluding carboxylic acids is 1. The summed E-state index contributed by atoms with van der Waals surface area (Å²) in [6, 6.07) is -0.0828. The number of nitrogens with one attached hydrogen (secondary N) is 1. The highest BCUT2D eigenvalue weighted by Crippen LogP contribution is 2.37. The third kappa shape index (κ3) is 2.64. The van der Waals surface area contributed by atoms with Gasteiger partial charge >= 0.3 is 0 Å². The van der Waals surface area contributed by atoms with Crippen LogP contribution in [0.1, 0.15) is 33.1 Å². The summed E-state index contributed by atoms with van der Waals surface area (Å²) in [7, 11) is 0. The maximum atomic E-state index is 11.9. The lowest BCUT2D eigenvalue weighted by Crippen LogP contribution is -2.46. The van der Waals surface area contributed by atoms with E-state index in [-0.39, 0.29) is 23.3 Å². The number of carbonyl (C=O) groups is 1. The van der Waals surface area contributed by atoms with E-state index in [9.17, 15) is 4.79 Å². The molecule has 1 aliphatic heterocycles. The summed E-state index contributed by atoms with van der Waals surface area (Å²) in [6.45, 7) is 3.98. The van der Waals surface area contributed by atoms with Crippen molar-refractivity contribution in [3.8, 4) is 0 Å². The summed E-state index contributed by atoms with van der Waals surface area (Å²) < 4.78 is -0.261. The van der Waals surface area contributed by atoms with E-state index in [1.54, 1.807) is 11.8 Å². The molecule has 1 heterocycles. The molecule has 1 fully saturated rings. The second-order valence-corrected chi connectivity index (χ2v) is 5.54.